The van der Waals surface area contributed by atoms with Gasteiger partial charge in [0.15, 0.2) is 75.3 Å². The lowest BCUT2D eigenvalue weighted by Gasteiger charge is -2.53. The molecule has 0 radical (unpaired) electrons. The normalized spacial score (nSPS) is 53.7. The van der Waals surface area contributed by atoms with E-state index in [4.69, 9.17) is 99.5 Å². The predicted octanol–water partition coefficient (Wildman–Crippen LogP) is -21.7. The molecule has 11 heterocycles. The number of ether oxygens (including phenoxy) is 21. The molecule has 52 heteroatoms. The van der Waals surface area contributed by atoms with Gasteiger partial charge in [0.25, 0.3) is 0 Å². The summed E-state index contributed by atoms with van der Waals surface area (Å²) in [4.78, 5) is 12.2. The molecule has 656 valence electrons. The van der Waals surface area contributed by atoms with Crippen LogP contribution < -0.4 is 0 Å². The van der Waals surface area contributed by atoms with Gasteiger partial charge in [-0.3, -0.25) is 0 Å². The van der Waals surface area contributed by atoms with E-state index in [-0.39, 0.29) is 0 Å². The summed E-state index contributed by atoms with van der Waals surface area (Å²) in [5.74, 6) is -1.94. The zero-order valence-corrected chi connectivity index (χ0v) is 58.8. The average Bonchev–Trinajstić information content (AvgIpc) is 0.755. The molecule has 30 N–H and O–H groups in total. The van der Waals surface area contributed by atoms with Crippen LogP contribution in [0.2, 0.25) is 0 Å². The Labute approximate surface area is 635 Å². The highest BCUT2D eigenvalue weighted by Crippen LogP contribution is 2.43. The molecule has 0 amide bonds. The number of hydrogen-bond acceptors (Lipinski definition) is 51. The van der Waals surface area contributed by atoms with Crippen LogP contribution in [-0.2, 0) is 104 Å². The Bertz CT molecular complexity index is 2930. The third kappa shape index (κ3) is 19.2. The van der Waals surface area contributed by atoms with Gasteiger partial charge in [0.05, 0.1) is 66.1 Å². The van der Waals surface area contributed by atoms with Crippen molar-refractivity contribution in [1.29, 1.82) is 0 Å². The summed E-state index contributed by atoms with van der Waals surface area (Å²) >= 11 is 0. The van der Waals surface area contributed by atoms with Gasteiger partial charge in [-0.1, -0.05) is 0 Å². The Morgan fingerprint density at radius 2 is 0.478 bits per heavy atom. The number of carboxylic acids is 1. The minimum atomic E-state index is -2.77. The van der Waals surface area contributed by atoms with Crippen molar-refractivity contribution < 1.29 is 257 Å². The first kappa shape index (κ1) is 91.2. The van der Waals surface area contributed by atoms with Gasteiger partial charge in [0, 0.05) is 0 Å². The Hall–Kier alpha value is -2.53. The zero-order valence-electron chi connectivity index (χ0n) is 58.8. The maximum atomic E-state index is 13.2. The van der Waals surface area contributed by atoms with Crippen LogP contribution in [0.5, 0.6) is 0 Å². The monoisotopic (exact) mass is 1660 g/mol. The van der Waals surface area contributed by atoms with Crippen LogP contribution in [0.25, 0.3) is 0 Å². The fourth-order valence-corrected chi connectivity index (χ4v) is 14.4. The number of hydrogen-bond donors (Lipinski definition) is 30. The second-order valence-corrected chi connectivity index (χ2v) is 28.6. The fourth-order valence-electron chi connectivity index (χ4n) is 14.4. The number of aliphatic carboxylic acids is 1. The van der Waals surface area contributed by atoms with Crippen LogP contribution in [0.15, 0.2) is 0 Å². The van der Waals surface area contributed by atoms with E-state index in [2.05, 4.69) is 0 Å². The molecule has 11 fully saturated rings. The van der Waals surface area contributed by atoms with Crippen molar-refractivity contribution in [2.75, 3.05) is 66.1 Å². The van der Waals surface area contributed by atoms with Crippen molar-refractivity contribution in [3.8, 4) is 0 Å². The quantitative estimate of drug-likeness (QED) is 0.0382. The average molecular weight is 1670 g/mol. The number of aliphatic hydroxyl groups excluding tert-OH is 29. The van der Waals surface area contributed by atoms with Gasteiger partial charge in [-0.05, 0) is 0 Å². The number of aliphatic hydroxyl groups is 29. The number of carboxylic acid groups (broad SMARTS) is 1. The van der Waals surface area contributed by atoms with Crippen molar-refractivity contribution in [3.05, 3.63) is 0 Å². The molecular weight excluding hydrogens is 1560 g/mol. The van der Waals surface area contributed by atoms with Crippen molar-refractivity contribution in [2.45, 2.75) is 307 Å². The van der Waals surface area contributed by atoms with E-state index in [0.29, 0.717) is 0 Å². The van der Waals surface area contributed by atoms with Crippen molar-refractivity contribution in [2.24, 2.45) is 0 Å². The molecule has 0 aromatic carbocycles. The van der Waals surface area contributed by atoms with Gasteiger partial charge in [0.2, 0.25) is 0 Å². The third-order valence-electron chi connectivity index (χ3n) is 21.0. The summed E-state index contributed by atoms with van der Waals surface area (Å²) in [6, 6.07) is 0. The van der Waals surface area contributed by atoms with Crippen LogP contribution in [0.3, 0.4) is 0 Å². The molecule has 0 aromatic heterocycles. The van der Waals surface area contributed by atoms with E-state index < -0.39 is 379 Å². The fraction of sp³-hybridized carbons (Fsp3) is 0.984. The highest BCUT2D eigenvalue weighted by molar-refractivity contribution is 5.73. The molecule has 0 aliphatic carbocycles. The van der Waals surface area contributed by atoms with E-state index in [1.165, 1.54) is 0 Å². The highest BCUT2D eigenvalue weighted by atomic mass is 16.8. The molecule has 52 nitrogen and oxygen atoms in total. The van der Waals surface area contributed by atoms with Gasteiger partial charge in [-0.25, -0.2) is 4.79 Å². The molecule has 11 aliphatic heterocycles. The summed E-state index contributed by atoms with van der Waals surface area (Å²) in [5, 5.41) is 332. The second kappa shape index (κ2) is 39.1. The van der Waals surface area contributed by atoms with E-state index in [9.17, 15) is 158 Å². The summed E-state index contributed by atoms with van der Waals surface area (Å²) in [6.45, 7) is -10.4. The van der Waals surface area contributed by atoms with Crippen molar-refractivity contribution in [3.63, 3.8) is 0 Å². The van der Waals surface area contributed by atoms with Gasteiger partial charge in [-0.2, -0.15) is 0 Å². The molecule has 0 spiro atoms. The molecule has 11 saturated heterocycles. The van der Waals surface area contributed by atoms with Crippen molar-refractivity contribution in [1.82, 2.24) is 0 Å². The minimum absolute atomic E-state index is 0.643. The molecule has 113 heavy (non-hydrogen) atoms. The lowest BCUT2D eigenvalue weighted by Crippen LogP contribution is -2.71. The third-order valence-corrected chi connectivity index (χ3v) is 21.0. The summed E-state index contributed by atoms with van der Waals surface area (Å²) in [5.41, 5.74) is 0. The first-order valence-corrected chi connectivity index (χ1v) is 35.7. The Balaban J connectivity index is 0.990. The van der Waals surface area contributed by atoms with E-state index in [0.717, 1.165) is 0 Å². The lowest BCUT2D eigenvalue weighted by molar-refractivity contribution is -0.427. The summed E-state index contributed by atoms with van der Waals surface area (Å²) in [6.07, 6.45) is -112. The van der Waals surface area contributed by atoms with Crippen LogP contribution >= 0.6 is 0 Å². The van der Waals surface area contributed by atoms with E-state index in [1.54, 1.807) is 0 Å². The molecule has 0 bridgehead atoms. The maximum absolute atomic E-state index is 13.2. The highest BCUT2D eigenvalue weighted by Gasteiger charge is 2.63. The summed E-state index contributed by atoms with van der Waals surface area (Å²) in [7, 11) is 0. The maximum Gasteiger partial charge on any atom is 0.335 e. The Kier molecular flexibility index (Phi) is 31.6. The minimum Gasteiger partial charge on any atom is -0.479 e. The molecule has 0 aromatic rings. The topological polar surface area (TPSA) is 818 Å². The van der Waals surface area contributed by atoms with Gasteiger partial charge < -0.3 is 253 Å². The SMILES string of the molecule is O=C(O)[C@H]1O[C@@H](O[C@H]2[C@@H](O[C@H]3O[C@H](CO)[C@@H](O[C@@H]4OC[C@@H](O)[C@H](O)[C@H]4O)[C@H](O[C@H]4O[C@H](CO)[C@@H](O[C@@H]5OC[C@@H](O)[C@H](O)[C@H]5O)[C@H](O[C@H]5O[C@H](CO)[C@@H](O[C@@H]6OC[C@@H](O)[C@H](O)[C@H]6O)[C@H](O[C@H]6O[C@H](CO)[C@@H](O[C@@H]7OC[C@@H](O)[C@H](O)[C@H]7O)[C@H](O)[C@@H]6O)[C@@H]5O)[C@@H]4O)[C@@H]3O[C@@H]3OC[C@@H](O)[C@H](O)[C@H]3O)[C@H](O)[C@@H](CO)O[C@@H]2O)[C@H](O)[C@@H](O)[C@@H]1O. The van der Waals surface area contributed by atoms with Crippen LogP contribution in [0.4, 0.5) is 0 Å². The van der Waals surface area contributed by atoms with Gasteiger partial charge >= 0.3 is 5.97 Å². The molecular formula is C61H100O52. The number of carbonyl (C=O) groups is 1. The zero-order chi connectivity index (χ0) is 82.4. The Morgan fingerprint density at radius 3 is 0.841 bits per heavy atom. The molecule has 11 aliphatic rings. The first-order valence-electron chi connectivity index (χ1n) is 35.7. The molecule has 11 rings (SSSR count). The smallest absolute Gasteiger partial charge is 0.335 e. The molecule has 0 saturated carbocycles. The lowest BCUT2D eigenvalue weighted by atomic mass is 9.94. The van der Waals surface area contributed by atoms with Gasteiger partial charge in [-0.15, -0.1) is 0 Å². The largest absolute Gasteiger partial charge is 0.479 e. The second-order valence-electron chi connectivity index (χ2n) is 28.6. The molecule has 0 unspecified atom stereocenters. The van der Waals surface area contributed by atoms with E-state index >= 15 is 0 Å². The van der Waals surface area contributed by atoms with Gasteiger partial charge in [0.1, 0.15) is 232 Å². The summed E-state index contributed by atoms with van der Waals surface area (Å²) < 4.78 is 124. The van der Waals surface area contributed by atoms with E-state index in [1.807, 2.05) is 0 Å². The molecule has 50 atom stereocenters. The standard InChI is InChI=1S/C61H100O52/c62-1-16-26(77)43(48(51(92)98-16)112-58-35(86)27(78)28(79)46(110-58)50(90)91)109-61-49(113-56-34(85)25(76)15(71)10-97-56)47(42(20(5-66)102-61)106-55-33(84)24(75)14(70)9-96-55)111-60-38(89)45(41(19(4-65)101-60)105-54-32(83)23(74)13(69)8-95-54)108-59-37(88)44(40(18(3-64)100-59)104-53-31(82)22(73)12(68)7-94-53)107-57-36(87)29(80)39(17(2-63)99-57)103-52-30(81)21(72)11(67)6-93-52/h11-49,51-89,92H,1-10H2,(H,90,91)/t11-,12-,13-,14-,15-,16-,17-,18-,19-,20-,21+,22+,23+,24+,25+,26-,27+,28+,29-,30-,31-,32-,33-,34-,35-,36+,37+,38+,39-,40-,41-,42-,43+,44-,45-,46+,47+,48+,49+,51+,52+,53+,54+,55+,56+,57-,58+,59-,60-,61-/m1/s1. The Morgan fingerprint density at radius 1 is 0.221 bits per heavy atom. The van der Waals surface area contributed by atoms with Crippen LogP contribution in [0, 0.1) is 0 Å². The predicted molar refractivity (Wildman–Crippen MR) is 333 cm³/mol. The number of rotatable bonds is 26. The van der Waals surface area contributed by atoms with Crippen molar-refractivity contribution >= 4 is 5.97 Å². The van der Waals surface area contributed by atoms with Crippen LogP contribution in [0.1, 0.15) is 0 Å². The first-order chi connectivity index (χ1) is 53.6. The van der Waals surface area contributed by atoms with Crippen LogP contribution in [-0.4, -0.2) is 532 Å².